The zero-order chi connectivity index (χ0) is 25.5. The van der Waals surface area contributed by atoms with Gasteiger partial charge in [-0.05, 0) is 48.2 Å². The van der Waals surface area contributed by atoms with Crippen molar-refractivity contribution in [2.24, 2.45) is 0 Å². The lowest BCUT2D eigenvalue weighted by molar-refractivity contribution is 0.0957. The van der Waals surface area contributed by atoms with Gasteiger partial charge in [-0.15, -0.1) is 0 Å². The van der Waals surface area contributed by atoms with Crippen molar-refractivity contribution in [3.63, 3.8) is 0 Å². The number of amides is 1. The molecule has 0 atom stereocenters. The number of aromatic amines is 1. The predicted octanol–water partition coefficient (Wildman–Crippen LogP) is 2.67. The second kappa shape index (κ2) is 8.77. The molecule has 3 aromatic rings. The molecule has 2 N–H and O–H groups in total. The SMILES string of the molecule is [2H]C1([2H])C=C(c2ccc(C(=O)NC)nc2F)CC([2H])([2H])N1Cc1cnc2cc(CC)c(=O)[nH]c2c1. The Kier molecular flexibility index (Phi) is 4.62. The number of hydrogen-bond donors (Lipinski definition) is 2. The Bertz CT molecular complexity index is 1410. The van der Waals surface area contributed by atoms with E-state index in [0.717, 1.165) is 11.0 Å². The first-order valence-electron chi connectivity index (χ1n) is 11.8. The van der Waals surface area contributed by atoms with E-state index in [1.807, 2.05) is 6.92 Å². The Morgan fingerprint density at radius 3 is 2.94 bits per heavy atom. The first kappa shape index (κ1) is 16.3. The molecule has 1 aliphatic heterocycles. The first-order chi connectivity index (χ1) is 16.4. The highest BCUT2D eigenvalue weighted by Crippen LogP contribution is 2.25. The van der Waals surface area contributed by atoms with Gasteiger partial charge in [-0.1, -0.05) is 13.0 Å². The molecular formula is C23H24FN5O2. The molecule has 0 bridgehead atoms. The van der Waals surface area contributed by atoms with Crippen LogP contribution < -0.4 is 10.9 Å². The highest BCUT2D eigenvalue weighted by molar-refractivity contribution is 5.92. The number of hydrogen-bond acceptors (Lipinski definition) is 5. The largest absolute Gasteiger partial charge is 0.354 e. The number of rotatable bonds is 5. The molecule has 0 spiro atoms. The number of aromatic nitrogens is 3. The Morgan fingerprint density at radius 1 is 1.39 bits per heavy atom. The number of pyridine rings is 3. The maximum absolute atomic E-state index is 14.7. The van der Waals surface area contributed by atoms with Crippen molar-refractivity contribution in [3.05, 3.63) is 75.2 Å². The number of aryl methyl sites for hydroxylation is 1. The molecule has 4 heterocycles. The quantitative estimate of drug-likeness (QED) is 0.614. The van der Waals surface area contributed by atoms with Gasteiger partial charge in [-0.25, -0.2) is 4.98 Å². The number of H-pyrrole nitrogens is 1. The van der Waals surface area contributed by atoms with Crippen LogP contribution in [0.4, 0.5) is 4.39 Å². The normalized spacial score (nSPS) is 19.6. The molecule has 7 nitrogen and oxygen atoms in total. The van der Waals surface area contributed by atoms with E-state index in [2.05, 4.69) is 20.3 Å². The van der Waals surface area contributed by atoms with E-state index in [4.69, 9.17) is 5.48 Å². The Balaban J connectivity index is 1.67. The van der Waals surface area contributed by atoms with Crippen molar-refractivity contribution in [2.45, 2.75) is 26.3 Å². The number of halogens is 1. The highest BCUT2D eigenvalue weighted by atomic mass is 19.1. The van der Waals surface area contributed by atoms with E-state index in [1.54, 1.807) is 12.1 Å². The van der Waals surface area contributed by atoms with Crippen LogP contribution in [0.2, 0.25) is 0 Å². The lowest BCUT2D eigenvalue weighted by Gasteiger charge is -2.26. The number of nitrogens with zero attached hydrogens (tertiary/aromatic N) is 3. The summed E-state index contributed by atoms with van der Waals surface area (Å²) in [5, 5.41) is 2.35. The molecular weight excluding hydrogens is 397 g/mol. The minimum Gasteiger partial charge on any atom is -0.354 e. The summed E-state index contributed by atoms with van der Waals surface area (Å²) in [6.07, 6.45) is 2.94. The molecule has 4 rings (SSSR count). The molecule has 0 saturated carbocycles. The van der Waals surface area contributed by atoms with Crippen molar-refractivity contribution < 1.29 is 14.7 Å². The molecule has 1 aliphatic rings. The summed E-state index contributed by atoms with van der Waals surface area (Å²) in [5.41, 5.74) is 1.84. The molecule has 0 unspecified atom stereocenters. The Hall–Kier alpha value is -3.39. The average Bonchev–Trinajstić information content (AvgIpc) is 2.79. The highest BCUT2D eigenvalue weighted by Gasteiger charge is 2.18. The summed E-state index contributed by atoms with van der Waals surface area (Å²) in [6.45, 7) is -2.74. The molecule has 0 aromatic carbocycles. The van der Waals surface area contributed by atoms with Crippen LogP contribution in [0.5, 0.6) is 0 Å². The third-order valence-electron chi connectivity index (χ3n) is 5.06. The van der Waals surface area contributed by atoms with E-state index < -0.39 is 24.8 Å². The van der Waals surface area contributed by atoms with Gasteiger partial charge in [-0.3, -0.25) is 19.5 Å². The maximum Gasteiger partial charge on any atom is 0.269 e. The fourth-order valence-electron chi connectivity index (χ4n) is 3.33. The number of carbonyl (C=O) groups excluding carboxylic acids is 1. The van der Waals surface area contributed by atoms with Gasteiger partial charge in [0.2, 0.25) is 5.95 Å². The van der Waals surface area contributed by atoms with Crippen molar-refractivity contribution in [2.75, 3.05) is 20.0 Å². The van der Waals surface area contributed by atoms with Crippen molar-refractivity contribution in [3.8, 4) is 0 Å². The van der Waals surface area contributed by atoms with E-state index in [1.165, 1.54) is 25.4 Å². The minimum atomic E-state index is -2.28. The molecule has 31 heavy (non-hydrogen) atoms. The molecule has 0 saturated heterocycles. The predicted molar refractivity (Wildman–Crippen MR) is 117 cm³/mol. The van der Waals surface area contributed by atoms with Crippen molar-refractivity contribution in [1.82, 2.24) is 25.2 Å². The van der Waals surface area contributed by atoms with Crippen LogP contribution in [0.15, 0.2) is 41.3 Å². The molecule has 8 heteroatoms. The summed E-state index contributed by atoms with van der Waals surface area (Å²) in [7, 11) is 1.39. The maximum atomic E-state index is 14.7. The minimum absolute atomic E-state index is 0.0678. The summed E-state index contributed by atoms with van der Waals surface area (Å²) in [4.78, 5) is 35.6. The molecule has 0 fully saturated rings. The zero-order valence-corrected chi connectivity index (χ0v) is 17.1. The summed E-state index contributed by atoms with van der Waals surface area (Å²) >= 11 is 0. The van der Waals surface area contributed by atoms with Crippen molar-refractivity contribution in [1.29, 1.82) is 0 Å². The van der Waals surface area contributed by atoms with E-state index >= 15 is 0 Å². The number of nitrogens with one attached hydrogen (secondary N) is 2. The van der Waals surface area contributed by atoms with Gasteiger partial charge in [0.05, 0.1) is 11.0 Å². The summed E-state index contributed by atoms with van der Waals surface area (Å²) < 4.78 is 48.8. The summed E-state index contributed by atoms with van der Waals surface area (Å²) in [5.74, 6) is -1.55. The first-order valence-corrected chi connectivity index (χ1v) is 9.84. The van der Waals surface area contributed by atoms with Crippen molar-refractivity contribution >= 4 is 22.5 Å². The monoisotopic (exact) mass is 425 g/mol. The number of fused-ring (bicyclic) bond motifs is 1. The van der Waals surface area contributed by atoms with Crippen LogP contribution >= 0.6 is 0 Å². The smallest absolute Gasteiger partial charge is 0.269 e. The van der Waals surface area contributed by atoms with Gasteiger partial charge in [0.25, 0.3) is 11.5 Å². The lowest BCUT2D eigenvalue weighted by Crippen LogP contribution is -2.28. The van der Waals surface area contributed by atoms with Gasteiger partial charge in [0.1, 0.15) is 5.69 Å². The third-order valence-corrected chi connectivity index (χ3v) is 5.06. The average molecular weight is 426 g/mol. The van der Waals surface area contributed by atoms with Gasteiger partial charge < -0.3 is 10.3 Å². The fourth-order valence-corrected chi connectivity index (χ4v) is 3.33. The van der Waals surface area contributed by atoms with E-state index in [9.17, 15) is 14.0 Å². The topological polar surface area (TPSA) is 91.0 Å². The molecule has 0 aliphatic carbocycles. The van der Waals surface area contributed by atoms with E-state index in [0.29, 0.717) is 28.6 Å². The van der Waals surface area contributed by atoms with Crippen LogP contribution in [0.1, 0.15) is 46.0 Å². The van der Waals surface area contributed by atoms with Gasteiger partial charge in [0, 0.05) is 49.4 Å². The van der Waals surface area contributed by atoms with E-state index in [-0.39, 0.29) is 35.4 Å². The molecule has 160 valence electrons. The zero-order valence-electron chi connectivity index (χ0n) is 21.1. The second-order valence-corrected chi connectivity index (χ2v) is 7.09. The molecule has 0 radical (unpaired) electrons. The second-order valence-electron chi connectivity index (χ2n) is 7.09. The molecule has 3 aromatic heterocycles. The fraction of sp³-hybridized carbons (Fsp3) is 0.304. The third kappa shape index (κ3) is 4.39. The van der Waals surface area contributed by atoms with Crippen LogP contribution in [-0.2, 0) is 13.0 Å². The van der Waals surface area contributed by atoms with Crippen LogP contribution in [0, 0.1) is 5.95 Å². The lowest BCUT2D eigenvalue weighted by atomic mass is 10.00. The van der Waals surface area contributed by atoms with Crippen LogP contribution in [0.25, 0.3) is 16.6 Å². The van der Waals surface area contributed by atoms with Gasteiger partial charge in [0.15, 0.2) is 0 Å². The van der Waals surface area contributed by atoms with Gasteiger partial charge in [-0.2, -0.15) is 4.39 Å². The summed E-state index contributed by atoms with van der Waals surface area (Å²) in [6, 6.07) is 5.95. The Morgan fingerprint density at radius 2 is 2.23 bits per heavy atom. The van der Waals surface area contributed by atoms with Crippen LogP contribution in [-0.4, -0.2) is 45.8 Å². The standard InChI is InChI=1S/C23H24FN5O2/c1-3-15-11-19-20(28-22(15)30)10-14(12-26-19)13-29-8-6-16(7-9-29)17-4-5-18(23(31)25-2)27-21(17)24/h4-6,10-12H,3,7-9,13H2,1-2H3,(H,25,31)(H,28,30)/i8D2,9D2. The number of carbonyl (C=O) groups is 1. The Labute approximate surface area is 184 Å². The van der Waals surface area contributed by atoms with Crippen LogP contribution in [0.3, 0.4) is 0 Å². The molecule has 1 amide bonds. The van der Waals surface area contributed by atoms with Gasteiger partial charge >= 0.3 is 0 Å².